The van der Waals surface area contributed by atoms with Crippen molar-refractivity contribution in [3.63, 3.8) is 0 Å². The largest absolute Gasteiger partial charge is 0.377 e. The van der Waals surface area contributed by atoms with Gasteiger partial charge in [-0.3, -0.25) is 14.6 Å². The fourth-order valence-electron chi connectivity index (χ4n) is 4.74. The van der Waals surface area contributed by atoms with Gasteiger partial charge in [0.1, 0.15) is 17.9 Å². The van der Waals surface area contributed by atoms with Crippen molar-refractivity contribution in [3.05, 3.63) is 87.7 Å². The number of carbonyl (C=O) groups is 2. The summed E-state index contributed by atoms with van der Waals surface area (Å²) < 4.78 is 13.7. The summed E-state index contributed by atoms with van der Waals surface area (Å²) in [6.45, 7) is 8.34. The Labute approximate surface area is 252 Å². The van der Waals surface area contributed by atoms with Crippen LogP contribution in [0.1, 0.15) is 83.8 Å². The summed E-state index contributed by atoms with van der Waals surface area (Å²) >= 11 is 0. The highest BCUT2D eigenvalue weighted by atomic mass is 19.1. The molecule has 10 heteroatoms. The van der Waals surface area contributed by atoms with Crippen LogP contribution >= 0.6 is 0 Å². The van der Waals surface area contributed by atoms with Gasteiger partial charge < -0.3 is 15.1 Å². The molecule has 2 unspecified atom stereocenters. The second-order valence-electron chi connectivity index (χ2n) is 10.0. The SMILES string of the molecule is CC.CCc1cc(C=O)c(/C=C(/c2cnc(C3CN=CC(=O)N3C)nc2)N(C)C)c(C(C)Nc2ccc(F)cc2C#N)c1. The first-order valence-electron chi connectivity index (χ1n) is 14.2. The van der Waals surface area contributed by atoms with Gasteiger partial charge in [0.15, 0.2) is 12.1 Å². The third kappa shape index (κ3) is 7.49. The average molecular weight is 584 g/mol. The Balaban J connectivity index is 0.00000248. The van der Waals surface area contributed by atoms with Crippen LogP contribution in [0, 0.1) is 17.1 Å². The van der Waals surface area contributed by atoms with Crippen molar-refractivity contribution in [3.8, 4) is 6.07 Å². The van der Waals surface area contributed by atoms with Crippen molar-refractivity contribution in [1.29, 1.82) is 5.26 Å². The van der Waals surface area contributed by atoms with Crippen LogP contribution in [0.25, 0.3) is 11.8 Å². The summed E-state index contributed by atoms with van der Waals surface area (Å²) in [5.41, 5.74) is 5.24. The van der Waals surface area contributed by atoms with Gasteiger partial charge in [-0.15, -0.1) is 0 Å². The monoisotopic (exact) mass is 583 g/mol. The number of nitrogens with one attached hydrogen (secondary N) is 1. The highest BCUT2D eigenvalue weighted by Crippen LogP contribution is 2.32. The molecule has 0 saturated heterocycles. The zero-order valence-corrected chi connectivity index (χ0v) is 25.7. The van der Waals surface area contributed by atoms with Crippen molar-refractivity contribution >= 4 is 35.9 Å². The smallest absolute Gasteiger partial charge is 0.264 e. The van der Waals surface area contributed by atoms with E-state index in [1.165, 1.54) is 24.4 Å². The van der Waals surface area contributed by atoms with E-state index in [1.54, 1.807) is 24.3 Å². The number of aldehydes is 1. The number of amides is 1. The number of aryl methyl sites for hydroxylation is 1. The molecule has 2 aromatic carbocycles. The Hall–Kier alpha value is -4.91. The summed E-state index contributed by atoms with van der Waals surface area (Å²) in [5, 5.41) is 12.9. The van der Waals surface area contributed by atoms with Crippen molar-refractivity contribution < 1.29 is 14.0 Å². The van der Waals surface area contributed by atoms with Crippen molar-refractivity contribution in [1.82, 2.24) is 19.8 Å². The second-order valence-corrected chi connectivity index (χ2v) is 10.0. The second kappa shape index (κ2) is 14.8. The quantitative estimate of drug-likeness (QED) is 0.321. The highest BCUT2D eigenvalue weighted by Gasteiger charge is 2.26. The van der Waals surface area contributed by atoms with Crippen LogP contribution in [-0.2, 0) is 11.2 Å². The van der Waals surface area contributed by atoms with Crippen molar-refractivity contribution in [2.24, 2.45) is 4.99 Å². The molecule has 0 fully saturated rings. The van der Waals surface area contributed by atoms with Crippen LogP contribution in [0.2, 0.25) is 0 Å². The molecule has 0 saturated carbocycles. The summed E-state index contributed by atoms with van der Waals surface area (Å²) in [4.78, 5) is 41.1. The van der Waals surface area contributed by atoms with Gasteiger partial charge in [-0.25, -0.2) is 14.4 Å². The molecule has 0 spiro atoms. The van der Waals surface area contributed by atoms with Crippen LogP contribution in [0.15, 0.2) is 47.7 Å². The number of nitrogens with zero attached hydrogens (tertiary/aromatic N) is 6. The standard InChI is InChI=1S/C31H32FN7O2.C2H6/c1-6-20-9-22(18-40)26(25(10-20)19(2)37-27-8-7-24(32)11-21(27)13-33)12-28(38(3)4)23-14-35-31(36-15-23)29-16-34-17-30(41)39(29)5;1-2/h7-12,14-15,17-19,29,37H,6,16H2,1-5H3;1-2H3/b28-12-;. The number of carbonyl (C=O) groups excluding carboxylic acids is 2. The molecule has 43 heavy (non-hydrogen) atoms. The molecule has 4 rings (SSSR count). The molecule has 1 N–H and O–H groups in total. The van der Waals surface area contributed by atoms with E-state index in [4.69, 9.17) is 0 Å². The average Bonchev–Trinajstić information content (AvgIpc) is 3.02. The maximum atomic E-state index is 13.7. The third-order valence-corrected chi connectivity index (χ3v) is 7.10. The Kier molecular flexibility index (Phi) is 11.2. The molecule has 0 radical (unpaired) electrons. The Bertz CT molecular complexity index is 1560. The number of rotatable bonds is 9. The first kappa shape index (κ1) is 32.6. The molecule has 1 amide bonds. The minimum atomic E-state index is -0.488. The van der Waals surface area contributed by atoms with Gasteiger partial charge in [0.25, 0.3) is 5.91 Å². The predicted octanol–water partition coefficient (Wildman–Crippen LogP) is 5.71. The molecule has 3 aromatic rings. The van der Waals surface area contributed by atoms with Crippen LogP contribution in [0.4, 0.5) is 10.1 Å². The molecule has 2 heterocycles. The summed E-state index contributed by atoms with van der Waals surface area (Å²) in [6, 6.07) is 9.30. The lowest BCUT2D eigenvalue weighted by Crippen LogP contribution is -2.37. The van der Waals surface area contributed by atoms with Gasteiger partial charge in [-0.05, 0) is 60.4 Å². The number of likely N-dealkylation sites (N-methyl/N-ethyl adjacent to an activating group) is 1. The number of hydrogen-bond donors (Lipinski definition) is 1. The minimum absolute atomic E-state index is 0.193. The molecular formula is C33H38FN7O2. The number of anilines is 1. The molecule has 9 nitrogen and oxygen atoms in total. The molecule has 0 aliphatic carbocycles. The van der Waals surface area contributed by atoms with Gasteiger partial charge >= 0.3 is 0 Å². The number of benzene rings is 2. The van der Waals surface area contributed by atoms with Gasteiger partial charge in [0.05, 0.1) is 24.0 Å². The normalized spacial score (nSPS) is 15.2. The maximum absolute atomic E-state index is 13.7. The molecule has 2 atom stereocenters. The Morgan fingerprint density at radius 3 is 2.53 bits per heavy atom. The van der Waals surface area contributed by atoms with Crippen LogP contribution < -0.4 is 5.32 Å². The van der Waals surface area contributed by atoms with E-state index in [0.717, 1.165) is 35.1 Å². The van der Waals surface area contributed by atoms with E-state index >= 15 is 0 Å². The van der Waals surface area contributed by atoms with Gasteiger partial charge in [0.2, 0.25) is 0 Å². The lowest BCUT2D eigenvalue weighted by atomic mass is 9.91. The van der Waals surface area contributed by atoms with Crippen LogP contribution in [-0.4, -0.2) is 65.9 Å². The zero-order valence-electron chi connectivity index (χ0n) is 25.7. The lowest BCUT2D eigenvalue weighted by Gasteiger charge is -2.27. The summed E-state index contributed by atoms with van der Waals surface area (Å²) in [7, 11) is 5.48. The molecular weight excluding hydrogens is 545 g/mol. The lowest BCUT2D eigenvalue weighted by molar-refractivity contribution is -0.125. The van der Waals surface area contributed by atoms with Crippen molar-refractivity contribution in [2.75, 3.05) is 33.0 Å². The van der Waals surface area contributed by atoms with E-state index < -0.39 is 5.82 Å². The van der Waals surface area contributed by atoms with E-state index in [1.807, 2.05) is 71.0 Å². The van der Waals surface area contributed by atoms with E-state index in [9.17, 15) is 19.2 Å². The Morgan fingerprint density at radius 2 is 1.93 bits per heavy atom. The first-order valence-corrected chi connectivity index (χ1v) is 14.2. The molecule has 0 bridgehead atoms. The van der Waals surface area contributed by atoms with Gasteiger partial charge in [-0.2, -0.15) is 5.26 Å². The fraction of sp³-hybridized carbons (Fsp3) is 0.333. The maximum Gasteiger partial charge on any atom is 0.264 e. The van der Waals surface area contributed by atoms with Crippen molar-refractivity contribution in [2.45, 2.75) is 46.2 Å². The van der Waals surface area contributed by atoms with Crippen LogP contribution in [0.5, 0.6) is 0 Å². The predicted molar refractivity (Wildman–Crippen MR) is 168 cm³/mol. The van der Waals surface area contributed by atoms with Crippen LogP contribution in [0.3, 0.4) is 0 Å². The third-order valence-electron chi connectivity index (χ3n) is 7.10. The Morgan fingerprint density at radius 1 is 1.23 bits per heavy atom. The zero-order chi connectivity index (χ0) is 31.7. The molecule has 1 aliphatic rings. The van der Waals surface area contributed by atoms with Gasteiger partial charge in [0, 0.05) is 56.4 Å². The van der Waals surface area contributed by atoms with E-state index in [0.29, 0.717) is 29.2 Å². The minimum Gasteiger partial charge on any atom is -0.377 e. The van der Waals surface area contributed by atoms with Gasteiger partial charge in [-0.1, -0.05) is 26.8 Å². The number of nitriles is 1. The number of halogens is 1. The van der Waals surface area contributed by atoms with E-state index in [2.05, 4.69) is 20.3 Å². The number of aromatic nitrogens is 2. The number of hydrogen-bond acceptors (Lipinski definition) is 8. The fourth-order valence-corrected chi connectivity index (χ4v) is 4.74. The summed E-state index contributed by atoms with van der Waals surface area (Å²) in [5.74, 6) is -0.193. The van der Waals surface area contributed by atoms with E-state index in [-0.39, 0.29) is 23.6 Å². The topological polar surface area (TPSA) is 115 Å². The molecule has 1 aliphatic heterocycles. The summed E-state index contributed by atoms with van der Waals surface area (Å²) in [6.07, 6.45) is 8.18. The highest BCUT2D eigenvalue weighted by molar-refractivity contribution is 6.26. The number of aliphatic imine (C=N–C) groups is 1. The molecule has 1 aromatic heterocycles. The molecule has 224 valence electrons. The first-order chi connectivity index (χ1) is 20.7.